The Balaban J connectivity index is 1.43. The van der Waals surface area contributed by atoms with Crippen LogP contribution in [0, 0.1) is 0 Å². The lowest BCUT2D eigenvalue weighted by Gasteiger charge is -2.25. The summed E-state index contributed by atoms with van der Waals surface area (Å²) in [7, 11) is 0. The highest BCUT2D eigenvalue weighted by molar-refractivity contribution is 7.15. The molecule has 6 nitrogen and oxygen atoms in total. The van der Waals surface area contributed by atoms with E-state index >= 15 is 0 Å². The highest BCUT2D eigenvalue weighted by Gasteiger charge is 2.21. The molecule has 0 aliphatic carbocycles. The number of thiazole rings is 1. The van der Waals surface area contributed by atoms with E-state index in [-0.39, 0.29) is 5.91 Å². The highest BCUT2D eigenvalue weighted by Crippen LogP contribution is 2.29. The maximum absolute atomic E-state index is 12.2. The largest absolute Gasteiger partial charge is 0.298 e. The molecule has 126 valence electrons. The molecule has 1 aliphatic heterocycles. The molecule has 25 heavy (non-hydrogen) atoms. The molecule has 0 fully saturated rings. The second-order valence-corrected chi connectivity index (χ2v) is 7.00. The first-order valence-electron chi connectivity index (χ1n) is 8.09. The average Bonchev–Trinajstić information content (AvgIpc) is 3.05. The van der Waals surface area contributed by atoms with Crippen LogP contribution in [0.2, 0.25) is 0 Å². The Hall–Kier alpha value is -2.64. The Morgan fingerprint density at radius 2 is 2.00 bits per heavy atom. The molecule has 1 amide bonds. The summed E-state index contributed by atoms with van der Waals surface area (Å²) in [6, 6.07) is 10.5. The fraction of sp³-hybridized carbons (Fsp3) is 0.222. The molecule has 3 aromatic rings. The summed E-state index contributed by atoms with van der Waals surface area (Å²) in [4.78, 5) is 28.1. The van der Waals surface area contributed by atoms with Gasteiger partial charge in [0.2, 0.25) is 0 Å². The molecular formula is C18H17N5OS. The van der Waals surface area contributed by atoms with Crippen molar-refractivity contribution in [3.63, 3.8) is 0 Å². The van der Waals surface area contributed by atoms with Crippen molar-refractivity contribution in [3.05, 3.63) is 70.8 Å². The van der Waals surface area contributed by atoms with Crippen LogP contribution in [-0.4, -0.2) is 32.3 Å². The number of carbonyl (C=O) groups excluding carboxylic acids is 1. The van der Waals surface area contributed by atoms with Gasteiger partial charge in [0.05, 0.1) is 11.3 Å². The number of fused-ring (bicyclic) bond motifs is 1. The van der Waals surface area contributed by atoms with Gasteiger partial charge in [-0.25, -0.2) is 15.0 Å². The van der Waals surface area contributed by atoms with Crippen molar-refractivity contribution in [3.8, 4) is 0 Å². The van der Waals surface area contributed by atoms with Crippen LogP contribution in [0.15, 0.2) is 49.1 Å². The highest BCUT2D eigenvalue weighted by atomic mass is 32.1. The van der Waals surface area contributed by atoms with Crippen LogP contribution in [-0.2, 0) is 19.5 Å². The van der Waals surface area contributed by atoms with E-state index < -0.39 is 0 Å². The molecule has 2 aromatic heterocycles. The lowest BCUT2D eigenvalue weighted by Crippen LogP contribution is -2.29. The average molecular weight is 351 g/mol. The van der Waals surface area contributed by atoms with Crippen LogP contribution in [0.3, 0.4) is 0 Å². The maximum atomic E-state index is 12.2. The molecule has 0 bridgehead atoms. The fourth-order valence-corrected chi connectivity index (χ4v) is 3.91. The van der Waals surface area contributed by atoms with Gasteiger partial charge in [-0.2, -0.15) is 0 Å². The lowest BCUT2D eigenvalue weighted by molar-refractivity contribution is 0.102. The van der Waals surface area contributed by atoms with Gasteiger partial charge < -0.3 is 0 Å². The molecule has 1 aliphatic rings. The SMILES string of the molecule is O=C(Nc1nc2c(s1)CN(Cc1ccccc1)CC2)c1cncnc1. The minimum Gasteiger partial charge on any atom is -0.298 e. The molecule has 3 heterocycles. The van der Waals surface area contributed by atoms with Crippen molar-refractivity contribution in [2.45, 2.75) is 19.5 Å². The Morgan fingerprint density at radius 3 is 2.80 bits per heavy atom. The number of aromatic nitrogens is 3. The number of amides is 1. The molecule has 0 unspecified atom stereocenters. The van der Waals surface area contributed by atoms with Crippen molar-refractivity contribution < 1.29 is 4.79 Å². The van der Waals surface area contributed by atoms with E-state index in [1.54, 1.807) is 11.3 Å². The summed E-state index contributed by atoms with van der Waals surface area (Å²) < 4.78 is 0. The quantitative estimate of drug-likeness (QED) is 0.783. The van der Waals surface area contributed by atoms with Crippen molar-refractivity contribution in [1.82, 2.24) is 19.9 Å². The number of hydrogen-bond acceptors (Lipinski definition) is 6. The molecule has 1 aromatic carbocycles. The summed E-state index contributed by atoms with van der Waals surface area (Å²) in [6.07, 6.45) is 5.30. The number of benzene rings is 1. The van der Waals surface area contributed by atoms with Crippen LogP contribution in [0.1, 0.15) is 26.5 Å². The van der Waals surface area contributed by atoms with E-state index in [9.17, 15) is 4.79 Å². The topological polar surface area (TPSA) is 71.0 Å². The molecule has 0 atom stereocenters. The summed E-state index contributed by atoms with van der Waals surface area (Å²) >= 11 is 1.55. The van der Waals surface area contributed by atoms with Crippen LogP contribution >= 0.6 is 11.3 Å². The van der Waals surface area contributed by atoms with Crippen LogP contribution in [0.25, 0.3) is 0 Å². The summed E-state index contributed by atoms with van der Waals surface area (Å²) in [6.45, 7) is 2.78. The minimum absolute atomic E-state index is 0.229. The summed E-state index contributed by atoms with van der Waals surface area (Å²) in [5.74, 6) is -0.229. The zero-order valence-electron chi connectivity index (χ0n) is 13.6. The van der Waals surface area contributed by atoms with E-state index in [0.717, 1.165) is 31.7 Å². The molecule has 0 spiro atoms. The third-order valence-electron chi connectivity index (χ3n) is 4.10. The lowest BCUT2D eigenvalue weighted by atomic mass is 10.1. The number of nitrogens with one attached hydrogen (secondary N) is 1. The number of hydrogen-bond donors (Lipinski definition) is 1. The normalized spacial score (nSPS) is 14.1. The van der Waals surface area contributed by atoms with Crippen molar-refractivity contribution in [2.24, 2.45) is 0 Å². The van der Waals surface area contributed by atoms with Gasteiger partial charge in [-0.05, 0) is 5.56 Å². The third kappa shape index (κ3) is 3.72. The fourth-order valence-electron chi connectivity index (χ4n) is 2.86. The Morgan fingerprint density at radius 1 is 1.20 bits per heavy atom. The van der Waals surface area contributed by atoms with Gasteiger partial charge in [-0.15, -0.1) is 11.3 Å². The van der Waals surface area contributed by atoms with E-state index in [0.29, 0.717) is 10.7 Å². The number of rotatable bonds is 4. The molecule has 0 radical (unpaired) electrons. The molecule has 0 saturated heterocycles. The monoisotopic (exact) mass is 351 g/mol. The van der Waals surface area contributed by atoms with Crippen molar-refractivity contribution in [2.75, 3.05) is 11.9 Å². The standard InChI is InChI=1S/C18H17N5OS/c24-17(14-8-19-12-20-9-14)22-18-21-15-6-7-23(11-16(15)25-18)10-13-4-2-1-3-5-13/h1-5,8-9,12H,6-7,10-11H2,(H,21,22,24). The van der Waals surface area contributed by atoms with Gasteiger partial charge in [-0.3, -0.25) is 15.0 Å². The van der Waals surface area contributed by atoms with Gasteiger partial charge in [0.25, 0.3) is 5.91 Å². The minimum atomic E-state index is -0.229. The van der Waals surface area contributed by atoms with Gasteiger partial charge in [0.1, 0.15) is 6.33 Å². The zero-order valence-corrected chi connectivity index (χ0v) is 14.4. The summed E-state index contributed by atoms with van der Waals surface area (Å²) in [5.41, 5.74) is 2.84. The van der Waals surface area contributed by atoms with Crippen LogP contribution in [0.5, 0.6) is 0 Å². The van der Waals surface area contributed by atoms with Crippen LogP contribution < -0.4 is 5.32 Å². The molecular weight excluding hydrogens is 334 g/mol. The van der Waals surface area contributed by atoms with Gasteiger partial charge >= 0.3 is 0 Å². The molecule has 1 N–H and O–H groups in total. The first kappa shape index (κ1) is 15.9. The predicted molar refractivity (Wildman–Crippen MR) is 96.4 cm³/mol. The number of nitrogens with zero attached hydrogens (tertiary/aromatic N) is 4. The summed E-state index contributed by atoms with van der Waals surface area (Å²) in [5, 5.41) is 3.49. The smallest absolute Gasteiger partial charge is 0.260 e. The first-order chi connectivity index (χ1) is 12.3. The Bertz CT molecular complexity index is 866. The maximum Gasteiger partial charge on any atom is 0.260 e. The number of anilines is 1. The van der Waals surface area contributed by atoms with Gasteiger partial charge in [-0.1, -0.05) is 30.3 Å². The Kier molecular flexibility index (Phi) is 4.49. The second-order valence-electron chi connectivity index (χ2n) is 5.92. The van der Waals surface area contributed by atoms with E-state index in [4.69, 9.17) is 0 Å². The third-order valence-corrected chi connectivity index (χ3v) is 5.10. The van der Waals surface area contributed by atoms with E-state index in [1.165, 1.54) is 29.2 Å². The first-order valence-corrected chi connectivity index (χ1v) is 8.91. The second kappa shape index (κ2) is 7.08. The molecule has 0 saturated carbocycles. The molecule has 7 heteroatoms. The van der Waals surface area contributed by atoms with Crippen LogP contribution in [0.4, 0.5) is 5.13 Å². The zero-order chi connectivity index (χ0) is 17.1. The van der Waals surface area contributed by atoms with E-state index in [2.05, 4.69) is 49.4 Å². The van der Waals surface area contributed by atoms with E-state index in [1.807, 2.05) is 6.07 Å². The molecule has 4 rings (SSSR count). The van der Waals surface area contributed by atoms with Gasteiger partial charge in [0.15, 0.2) is 5.13 Å². The Labute approximate surface area is 149 Å². The van der Waals surface area contributed by atoms with Gasteiger partial charge in [0, 0.05) is 43.3 Å². The van der Waals surface area contributed by atoms with Crippen molar-refractivity contribution in [1.29, 1.82) is 0 Å². The number of carbonyl (C=O) groups is 1. The predicted octanol–water partition coefficient (Wildman–Crippen LogP) is 2.74. The van der Waals surface area contributed by atoms with Crippen molar-refractivity contribution >= 4 is 22.4 Å².